The topological polar surface area (TPSA) is 75.0 Å². The van der Waals surface area contributed by atoms with Crippen LogP contribution in [0, 0.1) is 6.92 Å². The van der Waals surface area contributed by atoms with Crippen LogP contribution in [-0.2, 0) is 13.0 Å². The number of aromatic amines is 1. The lowest BCUT2D eigenvalue weighted by Crippen LogP contribution is -2.27. The van der Waals surface area contributed by atoms with Crippen LogP contribution >= 0.6 is 0 Å². The molecule has 0 bridgehead atoms. The van der Waals surface area contributed by atoms with Gasteiger partial charge in [0.15, 0.2) is 0 Å². The number of amides is 1. The first-order chi connectivity index (χ1) is 9.10. The molecule has 0 atom stereocenters. The standard InChI is InChI=1S/C13H18N4O2/c1-4-5-11-14-12(16-15-11)13(18)17(3)8-10-7-6-9(2)19-10/h6-7H,4-5,8H2,1-3H3,(H,14,15,16). The van der Waals surface area contributed by atoms with Gasteiger partial charge >= 0.3 is 0 Å². The molecular formula is C13H18N4O2. The smallest absolute Gasteiger partial charge is 0.293 e. The fraction of sp³-hybridized carbons (Fsp3) is 0.462. The van der Waals surface area contributed by atoms with Crippen LogP contribution in [0.3, 0.4) is 0 Å². The minimum absolute atomic E-state index is 0.203. The van der Waals surface area contributed by atoms with Gasteiger partial charge in [0.1, 0.15) is 17.3 Å². The van der Waals surface area contributed by atoms with Gasteiger partial charge in [-0.1, -0.05) is 6.92 Å². The van der Waals surface area contributed by atoms with Crippen molar-refractivity contribution < 1.29 is 9.21 Å². The van der Waals surface area contributed by atoms with Crippen LogP contribution < -0.4 is 0 Å². The predicted molar refractivity (Wildman–Crippen MR) is 69.6 cm³/mol. The highest BCUT2D eigenvalue weighted by Crippen LogP contribution is 2.10. The lowest BCUT2D eigenvalue weighted by atomic mass is 10.3. The van der Waals surface area contributed by atoms with Crippen molar-refractivity contribution in [3.8, 4) is 0 Å². The van der Waals surface area contributed by atoms with E-state index < -0.39 is 0 Å². The Kier molecular flexibility index (Phi) is 3.99. The lowest BCUT2D eigenvalue weighted by molar-refractivity contribution is 0.0763. The van der Waals surface area contributed by atoms with Crippen molar-refractivity contribution in [1.29, 1.82) is 0 Å². The van der Waals surface area contributed by atoms with Gasteiger partial charge in [0.05, 0.1) is 6.54 Å². The molecular weight excluding hydrogens is 244 g/mol. The molecule has 19 heavy (non-hydrogen) atoms. The maximum absolute atomic E-state index is 12.1. The number of aromatic nitrogens is 3. The van der Waals surface area contributed by atoms with Gasteiger partial charge in [-0.05, 0) is 25.5 Å². The summed E-state index contributed by atoms with van der Waals surface area (Å²) in [7, 11) is 1.70. The highest BCUT2D eigenvalue weighted by Gasteiger charge is 2.18. The van der Waals surface area contributed by atoms with Gasteiger partial charge in [-0.2, -0.15) is 0 Å². The molecule has 0 aliphatic heterocycles. The van der Waals surface area contributed by atoms with Gasteiger partial charge in [-0.15, -0.1) is 5.10 Å². The van der Waals surface area contributed by atoms with Crippen LogP contribution in [0.25, 0.3) is 0 Å². The minimum atomic E-state index is -0.215. The first-order valence-electron chi connectivity index (χ1n) is 6.32. The van der Waals surface area contributed by atoms with Crippen LogP contribution in [-0.4, -0.2) is 33.0 Å². The van der Waals surface area contributed by atoms with Crippen LogP contribution in [0.5, 0.6) is 0 Å². The maximum Gasteiger partial charge on any atom is 0.293 e. The summed E-state index contributed by atoms with van der Waals surface area (Å²) in [5.74, 6) is 2.31. The van der Waals surface area contributed by atoms with Crippen molar-refractivity contribution >= 4 is 5.91 Å². The molecule has 0 fully saturated rings. The van der Waals surface area contributed by atoms with Gasteiger partial charge in [0, 0.05) is 13.5 Å². The second kappa shape index (κ2) is 5.69. The van der Waals surface area contributed by atoms with Crippen molar-refractivity contribution in [2.45, 2.75) is 33.2 Å². The number of rotatable bonds is 5. The number of carbonyl (C=O) groups excluding carboxylic acids is 1. The summed E-state index contributed by atoms with van der Waals surface area (Å²) in [6, 6.07) is 3.74. The number of nitrogens with one attached hydrogen (secondary N) is 1. The fourth-order valence-electron chi connectivity index (χ4n) is 1.79. The number of hydrogen-bond donors (Lipinski definition) is 1. The van der Waals surface area contributed by atoms with E-state index in [0.717, 1.165) is 30.2 Å². The third-order valence-electron chi connectivity index (χ3n) is 2.75. The monoisotopic (exact) mass is 262 g/mol. The highest BCUT2D eigenvalue weighted by atomic mass is 16.3. The molecule has 0 aliphatic rings. The van der Waals surface area contributed by atoms with E-state index in [1.165, 1.54) is 4.90 Å². The molecule has 2 aromatic heterocycles. The highest BCUT2D eigenvalue weighted by molar-refractivity contribution is 5.90. The number of H-pyrrole nitrogens is 1. The molecule has 2 rings (SSSR count). The summed E-state index contributed by atoms with van der Waals surface area (Å²) in [6.45, 7) is 4.33. The summed E-state index contributed by atoms with van der Waals surface area (Å²) in [6.07, 6.45) is 1.76. The average molecular weight is 262 g/mol. The number of nitrogens with zero attached hydrogens (tertiary/aromatic N) is 3. The Hall–Kier alpha value is -2.11. The fourth-order valence-corrected chi connectivity index (χ4v) is 1.79. The molecule has 2 aromatic rings. The molecule has 1 amide bonds. The van der Waals surface area contributed by atoms with E-state index >= 15 is 0 Å². The predicted octanol–water partition coefficient (Wildman–Crippen LogP) is 1.93. The number of carbonyl (C=O) groups is 1. The minimum Gasteiger partial charge on any atom is -0.464 e. The molecule has 0 radical (unpaired) electrons. The zero-order valence-electron chi connectivity index (χ0n) is 11.4. The molecule has 0 unspecified atom stereocenters. The van der Waals surface area contributed by atoms with Crippen molar-refractivity contribution in [1.82, 2.24) is 20.1 Å². The average Bonchev–Trinajstić information content (AvgIpc) is 2.98. The van der Waals surface area contributed by atoms with Crippen molar-refractivity contribution in [2.75, 3.05) is 7.05 Å². The second-order valence-electron chi connectivity index (χ2n) is 4.53. The van der Waals surface area contributed by atoms with Crippen LogP contribution in [0.2, 0.25) is 0 Å². The SMILES string of the molecule is CCCc1nc(C(=O)N(C)Cc2ccc(C)o2)n[nH]1. The summed E-state index contributed by atoms with van der Waals surface area (Å²) in [4.78, 5) is 17.8. The first-order valence-corrected chi connectivity index (χ1v) is 6.32. The van der Waals surface area contributed by atoms with Crippen LogP contribution in [0.4, 0.5) is 0 Å². The van der Waals surface area contributed by atoms with Crippen molar-refractivity contribution in [2.24, 2.45) is 0 Å². The lowest BCUT2D eigenvalue weighted by Gasteiger charge is -2.13. The van der Waals surface area contributed by atoms with E-state index in [9.17, 15) is 4.79 Å². The molecule has 6 nitrogen and oxygen atoms in total. The third kappa shape index (κ3) is 3.21. The Bertz CT molecular complexity index is 558. The second-order valence-corrected chi connectivity index (χ2v) is 4.53. The molecule has 102 valence electrons. The number of aryl methyl sites for hydroxylation is 2. The van der Waals surface area contributed by atoms with E-state index in [1.54, 1.807) is 7.05 Å². The van der Waals surface area contributed by atoms with Crippen molar-refractivity contribution in [3.05, 3.63) is 35.3 Å². The summed E-state index contributed by atoms with van der Waals surface area (Å²) in [5, 5.41) is 6.72. The Balaban J connectivity index is 2.01. The molecule has 6 heteroatoms. The molecule has 0 saturated carbocycles. The van der Waals surface area contributed by atoms with E-state index in [0.29, 0.717) is 6.54 Å². The largest absolute Gasteiger partial charge is 0.464 e. The van der Waals surface area contributed by atoms with E-state index in [4.69, 9.17) is 4.42 Å². The van der Waals surface area contributed by atoms with E-state index in [-0.39, 0.29) is 11.7 Å². The van der Waals surface area contributed by atoms with Gasteiger partial charge in [-0.25, -0.2) is 4.98 Å². The molecule has 0 spiro atoms. The van der Waals surface area contributed by atoms with Crippen molar-refractivity contribution in [3.63, 3.8) is 0 Å². The number of hydrogen-bond acceptors (Lipinski definition) is 4. The quantitative estimate of drug-likeness (QED) is 0.893. The Morgan fingerprint density at radius 3 is 2.89 bits per heavy atom. The van der Waals surface area contributed by atoms with Gasteiger partial charge in [0.25, 0.3) is 5.91 Å². The third-order valence-corrected chi connectivity index (χ3v) is 2.75. The van der Waals surface area contributed by atoms with Gasteiger partial charge in [0.2, 0.25) is 5.82 Å². The van der Waals surface area contributed by atoms with Crippen LogP contribution in [0.1, 0.15) is 41.3 Å². The molecule has 0 aromatic carbocycles. The zero-order valence-corrected chi connectivity index (χ0v) is 11.4. The Morgan fingerprint density at radius 1 is 1.47 bits per heavy atom. The van der Waals surface area contributed by atoms with Gasteiger partial charge < -0.3 is 9.32 Å². The van der Waals surface area contributed by atoms with E-state index in [2.05, 4.69) is 22.1 Å². The van der Waals surface area contributed by atoms with E-state index in [1.807, 2.05) is 19.1 Å². The molecule has 0 aliphatic carbocycles. The molecule has 1 N–H and O–H groups in total. The molecule has 0 saturated heterocycles. The normalized spacial score (nSPS) is 10.7. The maximum atomic E-state index is 12.1. The zero-order chi connectivity index (χ0) is 13.8. The van der Waals surface area contributed by atoms with Gasteiger partial charge in [-0.3, -0.25) is 9.89 Å². The summed E-state index contributed by atoms with van der Waals surface area (Å²) >= 11 is 0. The first kappa shape index (κ1) is 13.3. The Morgan fingerprint density at radius 2 is 2.26 bits per heavy atom. The Labute approximate surface area is 111 Å². The summed E-state index contributed by atoms with van der Waals surface area (Å²) < 4.78 is 5.44. The summed E-state index contributed by atoms with van der Waals surface area (Å²) in [5.41, 5.74) is 0. The number of furan rings is 1. The molecule has 2 heterocycles. The van der Waals surface area contributed by atoms with Crippen LogP contribution in [0.15, 0.2) is 16.5 Å².